The van der Waals surface area contributed by atoms with Crippen molar-refractivity contribution in [3.63, 3.8) is 0 Å². The molecular weight excluding hydrogens is 458 g/mol. The highest BCUT2D eigenvalue weighted by Crippen LogP contribution is 2.15. The lowest BCUT2D eigenvalue weighted by Gasteiger charge is -2.20. The van der Waals surface area contributed by atoms with Gasteiger partial charge in [-0.25, -0.2) is 4.79 Å². The molecule has 1 aromatic heterocycles. The van der Waals surface area contributed by atoms with Crippen molar-refractivity contribution in [2.24, 2.45) is 10.1 Å². The molecule has 7 nitrogen and oxygen atoms in total. The summed E-state index contributed by atoms with van der Waals surface area (Å²) < 4.78 is 5.84. The maximum Gasteiger partial charge on any atom is 0.338 e. The van der Waals surface area contributed by atoms with E-state index >= 15 is 0 Å². The van der Waals surface area contributed by atoms with Crippen molar-refractivity contribution >= 4 is 33.8 Å². The van der Waals surface area contributed by atoms with Crippen molar-refractivity contribution in [3.8, 4) is 0 Å². The molecule has 0 atom stereocenters. The molecule has 0 amide bonds. The summed E-state index contributed by atoms with van der Waals surface area (Å²) in [6, 6.07) is 11.1. The minimum Gasteiger partial charge on any atom is -0.462 e. The normalized spacial score (nSPS) is 12.0. The molecule has 31 heavy (non-hydrogen) atoms. The van der Waals surface area contributed by atoms with E-state index in [0.29, 0.717) is 40.3 Å². The number of hydrazone groups is 1. The number of halogens is 1. The van der Waals surface area contributed by atoms with E-state index in [1.54, 1.807) is 56.8 Å². The van der Waals surface area contributed by atoms with Crippen LogP contribution in [0.25, 0.3) is 0 Å². The predicted octanol–water partition coefficient (Wildman–Crippen LogP) is 4.13. The van der Waals surface area contributed by atoms with Gasteiger partial charge in [-0.05, 0) is 40.5 Å². The number of allylic oxidation sites excluding steroid dienone is 2. The first-order valence-corrected chi connectivity index (χ1v) is 10.5. The fourth-order valence-electron chi connectivity index (χ4n) is 2.65. The molecule has 0 bridgehead atoms. The van der Waals surface area contributed by atoms with Gasteiger partial charge in [0.25, 0.3) is 0 Å². The molecule has 0 spiro atoms. The number of ether oxygens (including phenoxy) is 1. The Morgan fingerprint density at radius 3 is 2.65 bits per heavy atom. The highest BCUT2D eigenvalue weighted by atomic mass is 79.9. The zero-order valence-electron chi connectivity index (χ0n) is 17.9. The monoisotopic (exact) mass is 483 g/mol. The fraction of sp³-hybridized carbons (Fsp3) is 0.217. The van der Waals surface area contributed by atoms with Crippen molar-refractivity contribution in [1.29, 1.82) is 0 Å². The molecule has 0 saturated heterocycles. The zero-order valence-corrected chi connectivity index (χ0v) is 19.5. The van der Waals surface area contributed by atoms with E-state index in [1.807, 2.05) is 30.3 Å². The summed E-state index contributed by atoms with van der Waals surface area (Å²) in [4.78, 5) is 21.0. The molecule has 0 aliphatic heterocycles. The van der Waals surface area contributed by atoms with E-state index in [2.05, 4.69) is 42.9 Å². The van der Waals surface area contributed by atoms with Gasteiger partial charge in [0.1, 0.15) is 5.82 Å². The molecule has 0 saturated carbocycles. The maximum absolute atomic E-state index is 12.4. The van der Waals surface area contributed by atoms with Crippen LogP contribution in [0.1, 0.15) is 28.4 Å². The van der Waals surface area contributed by atoms with Crippen LogP contribution in [0.2, 0.25) is 0 Å². The SMILES string of the molecule is C=C(Br)/C=N\N(C)/C(=C\C(=N/C)c1ccccc1C(=O)OCC)NCc1cccnc1. The second kappa shape index (κ2) is 12.4. The second-order valence-corrected chi connectivity index (χ2v) is 7.35. The molecule has 1 heterocycles. The molecule has 0 fully saturated rings. The highest BCUT2D eigenvalue weighted by Gasteiger charge is 2.16. The number of nitrogens with zero attached hydrogens (tertiary/aromatic N) is 4. The number of rotatable bonds is 10. The molecule has 2 rings (SSSR count). The number of nitrogens with one attached hydrogen (secondary N) is 1. The Morgan fingerprint density at radius 1 is 1.29 bits per heavy atom. The van der Waals surface area contributed by atoms with E-state index in [0.717, 1.165) is 5.56 Å². The Kier molecular flexibility index (Phi) is 9.64. The molecule has 0 aliphatic rings. The second-order valence-electron chi connectivity index (χ2n) is 6.33. The third kappa shape index (κ3) is 7.49. The van der Waals surface area contributed by atoms with Gasteiger partial charge in [0.15, 0.2) is 0 Å². The average molecular weight is 484 g/mol. The van der Waals surface area contributed by atoms with Gasteiger partial charge in [-0.15, -0.1) is 0 Å². The first-order valence-electron chi connectivity index (χ1n) is 9.66. The van der Waals surface area contributed by atoms with Crippen molar-refractivity contribution in [3.05, 3.63) is 88.4 Å². The van der Waals surface area contributed by atoms with Crippen LogP contribution >= 0.6 is 15.9 Å². The topological polar surface area (TPSA) is 79.2 Å². The summed E-state index contributed by atoms with van der Waals surface area (Å²) in [5, 5.41) is 9.40. The van der Waals surface area contributed by atoms with Gasteiger partial charge < -0.3 is 10.1 Å². The Morgan fingerprint density at radius 2 is 2.03 bits per heavy atom. The minimum absolute atomic E-state index is 0.299. The Hall–Kier alpha value is -3.26. The summed E-state index contributed by atoms with van der Waals surface area (Å²) in [6.45, 7) is 6.38. The van der Waals surface area contributed by atoms with Gasteiger partial charge in [0, 0.05) is 49.2 Å². The molecule has 1 aromatic carbocycles. The number of aromatic nitrogens is 1. The molecule has 1 N–H and O–H groups in total. The van der Waals surface area contributed by atoms with Crippen molar-refractivity contribution < 1.29 is 9.53 Å². The van der Waals surface area contributed by atoms with Crippen molar-refractivity contribution in [1.82, 2.24) is 15.3 Å². The van der Waals surface area contributed by atoms with E-state index in [9.17, 15) is 4.79 Å². The fourth-order valence-corrected chi connectivity index (χ4v) is 2.74. The van der Waals surface area contributed by atoms with Crippen LogP contribution in [0.3, 0.4) is 0 Å². The number of hydrogen-bond acceptors (Lipinski definition) is 7. The lowest BCUT2D eigenvalue weighted by Crippen LogP contribution is -2.26. The van der Waals surface area contributed by atoms with E-state index in [4.69, 9.17) is 4.74 Å². The van der Waals surface area contributed by atoms with Gasteiger partial charge in [-0.1, -0.05) is 30.8 Å². The van der Waals surface area contributed by atoms with Crippen LogP contribution in [0.5, 0.6) is 0 Å². The largest absolute Gasteiger partial charge is 0.462 e. The molecular formula is C23H26BrN5O2. The molecule has 2 aromatic rings. The number of benzene rings is 1. The van der Waals surface area contributed by atoms with Crippen LogP contribution in [-0.2, 0) is 11.3 Å². The maximum atomic E-state index is 12.4. The number of carbonyl (C=O) groups is 1. The standard InChI is InChI=1S/C23H26BrN5O2/c1-5-31-23(30)20-11-7-6-10-19(20)21(25-3)13-22(29(4)28-14-17(2)24)27-16-18-9-8-12-26-15-18/h6-15,27H,2,5,16H2,1,3-4H3/b22-13-,25-21+,28-14-. The predicted molar refractivity (Wildman–Crippen MR) is 128 cm³/mol. The number of aliphatic imine (C=N–C) groups is 1. The molecule has 0 aliphatic carbocycles. The van der Waals surface area contributed by atoms with E-state index in [1.165, 1.54) is 0 Å². The summed E-state index contributed by atoms with van der Waals surface area (Å²) in [5.74, 6) is 0.285. The quantitative estimate of drug-likeness (QED) is 0.312. The third-order valence-electron chi connectivity index (χ3n) is 4.13. The number of pyridine rings is 1. The van der Waals surface area contributed by atoms with Gasteiger partial charge in [-0.2, -0.15) is 5.10 Å². The van der Waals surface area contributed by atoms with Gasteiger partial charge in [0.05, 0.1) is 24.1 Å². The summed E-state index contributed by atoms with van der Waals surface area (Å²) in [6.07, 6.45) is 6.95. The lowest BCUT2D eigenvalue weighted by atomic mass is 10.0. The lowest BCUT2D eigenvalue weighted by molar-refractivity contribution is 0.0526. The Balaban J connectivity index is 2.41. The van der Waals surface area contributed by atoms with Gasteiger partial charge in [0.2, 0.25) is 0 Å². The molecule has 162 valence electrons. The highest BCUT2D eigenvalue weighted by molar-refractivity contribution is 9.12. The molecule has 0 unspecified atom stereocenters. The van der Waals surface area contributed by atoms with Crippen LogP contribution in [0.4, 0.5) is 0 Å². The first-order chi connectivity index (χ1) is 15.0. The van der Waals surface area contributed by atoms with Gasteiger partial charge >= 0.3 is 5.97 Å². The summed E-state index contributed by atoms with van der Waals surface area (Å²) in [5.41, 5.74) is 2.74. The molecule has 0 radical (unpaired) electrons. The van der Waals surface area contributed by atoms with E-state index in [-0.39, 0.29) is 5.97 Å². The summed E-state index contributed by atoms with van der Waals surface area (Å²) in [7, 11) is 3.48. The number of carbonyl (C=O) groups excluding carboxylic acids is 1. The van der Waals surface area contributed by atoms with Crippen LogP contribution in [0, 0.1) is 0 Å². The first kappa shape index (κ1) is 24.0. The van der Waals surface area contributed by atoms with Crippen LogP contribution in [-0.4, -0.2) is 48.6 Å². The Labute approximate surface area is 191 Å². The number of hydrogen-bond donors (Lipinski definition) is 1. The van der Waals surface area contributed by atoms with Crippen LogP contribution < -0.4 is 5.32 Å². The minimum atomic E-state index is -0.389. The zero-order chi connectivity index (χ0) is 22.6. The average Bonchev–Trinajstić information content (AvgIpc) is 2.78. The molecule has 8 heteroatoms. The van der Waals surface area contributed by atoms with Crippen LogP contribution in [0.15, 0.2) is 81.8 Å². The van der Waals surface area contributed by atoms with Crippen molar-refractivity contribution in [2.45, 2.75) is 13.5 Å². The van der Waals surface area contributed by atoms with Gasteiger partial charge in [-0.3, -0.25) is 15.0 Å². The smallest absolute Gasteiger partial charge is 0.338 e. The Bertz CT molecular complexity index is 986. The summed E-state index contributed by atoms with van der Waals surface area (Å²) >= 11 is 3.28. The van der Waals surface area contributed by atoms with E-state index < -0.39 is 0 Å². The number of esters is 1. The third-order valence-corrected chi connectivity index (χ3v) is 4.33. The van der Waals surface area contributed by atoms with Crippen molar-refractivity contribution in [2.75, 3.05) is 20.7 Å².